The number of hydrogen-bond donors (Lipinski definition) is 1. The van der Waals surface area contributed by atoms with Gasteiger partial charge in [0.15, 0.2) is 5.78 Å². The van der Waals surface area contributed by atoms with E-state index in [4.69, 9.17) is 4.74 Å². The van der Waals surface area contributed by atoms with Gasteiger partial charge in [0.25, 0.3) is 0 Å². The minimum Gasteiger partial charge on any atom is -0.444 e. The number of amides is 1. The van der Waals surface area contributed by atoms with E-state index in [2.05, 4.69) is 12.2 Å². The van der Waals surface area contributed by atoms with E-state index in [1.807, 2.05) is 12.1 Å². The van der Waals surface area contributed by atoms with Crippen LogP contribution in [0.15, 0.2) is 24.3 Å². The lowest BCUT2D eigenvalue weighted by atomic mass is 10.0. The van der Waals surface area contributed by atoms with Gasteiger partial charge in [-0.05, 0) is 39.7 Å². The van der Waals surface area contributed by atoms with Crippen LogP contribution in [0, 0.1) is 0 Å². The number of ketones is 1. The Morgan fingerprint density at radius 2 is 1.75 bits per heavy atom. The first-order chi connectivity index (χ1) is 9.23. The summed E-state index contributed by atoms with van der Waals surface area (Å²) in [6, 6.07) is 6.81. The fourth-order valence-corrected chi connectivity index (χ4v) is 1.70. The van der Waals surface area contributed by atoms with E-state index >= 15 is 0 Å². The molecule has 0 bridgehead atoms. The van der Waals surface area contributed by atoms with Gasteiger partial charge in [0.05, 0.1) is 6.04 Å². The molecule has 110 valence electrons. The lowest BCUT2D eigenvalue weighted by molar-refractivity contribution is 0.0497. The van der Waals surface area contributed by atoms with Crippen molar-refractivity contribution in [2.75, 3.05) is 0 Å². The van der Waals surface area contributed by atoms with Crippen LogP contribution in [-0.4, -0.2) is 23.5 Å². The smallest absolute Gasteiger partial charge is 0.408 e. The van der Waals surface area contributed by atoms with Crippen LogP contribution in [0.3, 0.4) is 0 Å². The number of rotatable bonds is 4. The minimum atomic E-state index is -0.614. The van der Waals surface area contributed by atoms with Crippen molar-refractivity contribution in [1.29, 1.82) is 0 Å². The standard InChI is InChI=1S/C16H23NO3/c1-6-12-7-9-13(10-8-12)14(18)11(2)17-15(19)20-16(3,4)5/h7-11H,6H2,1-5H3,(H,17,19). The highest BCUT2D eigenvalue weighted by atomic mass is 16.6. The minimum absolute atomic E-state index is 0.126. The van der Waals surface area contributed by atoms with Crippen molar-refractivity contribution < 1.29 is 14.3 Å². The number of Topliss-reactive ketones (excluding diaryl/α,β-unsaturated/α-hetero) is 1. The molecule has 1 aromatic carbocycles. The second kappa shape index (κ2) is 6.55. The van der Waals surface area contributed by atoms with Gasteiger partial charge in [0.1, 0.15) is 5.60 Å². The third kappa shape index (κ3) is 5.03. The summed E-state index contributed by atoms with van der Waals surface area (Å²) in [5.74, 6) is -0.126. The zero-order chi connectivity index (χ0) is 15.3. The topological polar surface area (TPSA) is 55.4 Å². The van der Waals surface area contributed by atoms with Crippen molar-refractivity contribution >= 4 is 11.9 Å². The summed E-state index contributed by atoms with van der Waals surface area (Å²) < 4.78 is 5.13. The van der Waals surface area contributed by atoms with E-state index in [9.17, 15) is 9.59 Å². The van der Waals surface area contributed by atoms with Gasteiger partial charge in [-0.2, -0.15) is 0 Å². The summed E-state index contributed by atoms with van der Waals surface area (Å²) in [6.45, 7) is 9.05. The van der Waals surface area contributed by atoms with E-state index in [1.165, 1.54) is 5.56 Å². The third-order valence-electron chi connectivity index (χ3n) is 2.77. The second-order valence-electron chi connectivity index (χ2n) is 5.78. The van der Waals surface area contributed by atoms with E-state index in [0.717, 1.165) is 6.42 Å². The summed E-state index contributed by atoms with van der Waals surface area (Å²) >= 11 is 0. The molecular weight excluding hydrogens is 254 g/mol. The van der Waals surface area contributed by atoms with Gasteiger partial charge in [-0.1, -0.05) is 31.2 Å². The molecule has 0 radical (unpaired) electrons. The van der Waals surface area contributed by atoms with Gasteiger partial charge in [0.2, 0.25) is 0 Å². The molecule has 0 saturated carbocycles. The average molecular weight is 277 g/mol. The monoisotopic (exact) mass is 277 g/mol. The highest BCUT2D eigenvalue weighted by Crippen LogP contribution is 2.10. The predicted molar refractivity (Wildman–Crippen MR) is 79.0 cm³/mol. The number of alkyl carbamates (subject to hydrolysis) is 1. The van der Waals surface area contributed by atoms with Crippen molar-refractivity contribution in [3.63, 3.8) is 0 Å². The van der Waals surface area contributed by atoms with Crippen LogP contribution in [0.2, 0.25) is 0 Å². The molecule has 0 aromatic heterocycles. The van der Waals surface area contributed by atoms with Crippen molar-refractivity contribution in [3.8, 4) is 0 Å². The maximum atomic E-state index is 12.2. The first-order valence-corrected chi connectivity index (χ1v) is 6.85. The molecule has 4 nitrogen and oxygen atoms in total. The lowest BCUT2D eigenvalue weighted by Gasteiger charge is -2.21. The Labute approximate surface area is 120 Å². The Hall–Kier alpha value is -1.84. The largest absolute Gasteiger partial charge is 0.444 e. The number of benzene rings is 1. The van der Waals surface area contributed by atoms with Crippen LogP contribution in [0.1, 0.15) is 50.5 Å². The lowest BCUT2D eigenvalue weighted by Crippen LogP contribution is -2.41. The molecule has 0 aliphatic carbocycles. The highest BCUT2D eigenvalue weighted by molar-refractivity contribution is 6.01. The normalized spacial score (nSPS) is 12.7. The van der Waals surface area contributed by atoms with Gasteiger partial charge in [0, 0.05) is 5.56 Å². The van der Waals surface area contributed by atoms with Crippen LogP contribution in [0.5, 0.6) is 0 Å². The molecule has 0 heterocycles. The van der Waals surface area contributed by atoms with Gasteiger partial charge in [-0.25, -0.2) is 4.79 Å². The summed E-state index contributed by atoms with van der Waals surface area (Å²) in [4.78, 5) is 23.8. The van der Waals surface area contributed by atoms with E-state index in [0.29, 0.717) is 5.56 Å². The highest BCUT2D eigenvalue weighted by Gasteiger charge is 2.21. The fraction of sp³-hybridized carbons (Fsp3) is 0.500. The molecule has 4 heteroatoms. The Bertz CT molecular complexity index is 471. The van der Waals surface area contributed by atoms with Gasteiger partial charge in [-0.15, -0.1) is 0 Å². The first kappa shape index (κ1) is 16.2. The molecule has 1 N–H and O–H groups in total. The molecule has 0 aliphatic heterocycles. The molecule has 20 heavy (non-hydrogen) atoms. The Kier molecular flexibility index (Phi) is 5.31. The van der Waals surface area contributed by atoms with Crippen LogP contribution < -0.4 is 5.32 Å². The molecule has 0 saturated heterocycles. The number of carbonyl (C=O) groups excluding carboxylic acids is 2. The van der Waals surface area contributed by atoms with Gasteiger partial charge < -0.3 is 10.1 Å². The second-order valence-corrected chi connectivity index (χ2v) is 5.78. The molecule has 0 spiro atoms. The summed E-state index contributed by atoms with van der Waals surface area (Å²) in [7, 11) is 0. The van der Waals surface area contributed by atoms with E-state index < -0.39 is 17.7 Å². The van der Waals surface area contributed by atoms with Crippen molar-refractivity contribution in [3.05, 3.63) is 35.4 Å². The summed E-state index contributed by atoms with van der Waals surface area (Å²) in [5, 5.41) is 2.55. The molecule has 1 atom stereocenters. The number of nitrogens with one attached hydrogen (secondary N) is 1. The molecule has 1 unspecified atom stereocenters. The average Bonchev–Trinajstić information content (AvgIpc) is 2.35. The van der Waals surface area contributed by atoms with Crippen molar-refractivity contribution in [2.24, 2.45) is 0 Å². The summed E-state index contributed by atoms with van der Waals surface area (Å²) in [5.41, 5.74) is 1.19. The van der Waals surface area contributed by atoms with Crippen molar-refractivity contribution in [2.45, 2.75) is 52.7 Å². The molecule has 0 fully saturated rings. The third-order valence-corrected chi connectivity index (χ3v) is 2.77. The number of ether oxygens (including phenoxy) is 1. The van der Waals surface area contributed by atoms with E-state index in [1.54, 1.807) is 39.8 Å². The molecule has 1 aromatic rings. The Morgan fingerprint density at radius 3 is 2.20 bits per heavy atom. The zero-order valence-electron chi connectivity index (χ0n) is 12.8. The van der Waals surface area contributed by atoms with Gasteiger partial charge in [-0.3, -0.25) is 4.79 Å². The SMILES string of the molecule is CCc1ccc(C(=O)C(C)NC(=O)OC(C)(C)C)cc1. The predicted octanol–water partition coefficient (Wildman–Crippen LogP) is 3.34. The van der Waals surface area contributed by atoms with Crippen LogP contribution in [0.4, 0.5) is 4.79 Å². The van der Waals surface area contributed by atoms with Crippen LogP contribution in [0.25, 0.3) is 0 Å². The molecule has 0 aliphatic rings. The van der Waals surface area contributed by atoms with Crippen LogP contribution >= 0.6 is 0 Å². The number of carbonyl (C=O) groups is 2. The van der Waals surface area contributed by atoms with E-state index in [-0.39, 0.29) is 5.78 Å². The Balaban J connectivity index is 2.64. The first-order valence-electron chi connectivity index (χ1n) is 6.85. The maximum Gasteiger partial charge on any atom is 0.408 e. The summed E-state index contributed by atoms with van der Waals surface area (Å²) in [6.07, 6.45) is 0.351. The van der Waals surface area contributed by atoms with Crippen LogP contribution in [-0.2, 0) is 11.2 Å². The number of hydrogen-bond acceptors (Lipinski definition) is 3. The Morgan fingerprint density at radius 1 is 1.20 bits per heavy atom. The quantitative estimate of drug-likeness (QED) is 0.859. The maximum absolute atomic E-state index is 12.2. The molecule has 1 amide bonds. The van der Waals surface area contributed by atoms with Gasteiger partial charge >= 0.3 is 6.09 Å². The molecular formula is C16H23NO3. The van der Waals surface area contributed by atoms with Crippen molar-refractivity contribution in [1.82, 2.24) is 5.32 Å². The fourth-order valence-electron chi connectivity index (χ4n) is 1.70. The molecule has 1 rings (SSSR count). The zero-order valence-corrected chi connectivity index (χ0v) is 12.8. The number of aryl methyl sites for hydroxylation is 1.